The smallest absolute Gasteiger partial charge is 0.269 e. The third-order valence-corrected chi connectivity index (χ3v) is 3.43. The first kappa shape index (κ1) is 14.2. The molecule has 0 atom stereocenters. The fourth-order valence-corrected chi connectivity index (χ4v) is 2.30. The van der Waals surface area contributed by atoms with Gasteiger partial charge in [0.15, 0.2) is 11.5 Å². The molecule has 0 aromatic heterocycles. The molecule has 3 rings (SSSR count). The van der Waals surface area contributed by atoms with Gasteiger partial charge in [0.2, 0.25) is 0 Å². The highest BCUT2D eigenvalue weighted by Gasteiger charge is 2.11. The summed E-state index contributed by atoms with van der Waals surface area (Å²) in [6, 6.07) is 12.3. The summed E-state index contributed by atoms with van der Waals surface area (Å²) < 4.78 is 11.0. The first-order valence-electron chi connectivity index (χ1n) is 7.09. The summed E-state index contributed by atoms with van der Waals surface area (Å²) >= 11 is 0. The molecule has 0 unspecified atom stereocenters. The fraction of sp³-hybridized carbons (Fsp3) is 0.250. The molecule has 0 bridgehead atoms. The van der Waals surface area contributed by atoms with Crippen LogP contribution in [0.3, 0.4) is 0 Å². The SMILES string of the molecule is O=[N+]([O-])c1ccc(NCCc2ccc3c(c2)OCCO3)cc1. The van der Waals surface area contributed by atoms with Gasteiger partial charge in [-0.25, -0.2) is 0 Å². The largest absolute Gasteiger partial charge is 0.486 e. The molecule has 0 spiro atoms. The second kappa shape index (κ2) is 6.34. The summed E-state index contributed by atoms with van der Waals surface area (Å²) in [6.07, 6.45) is 0.827. The number of benzene rings is 2. The van der Waals surface area contributed by atoms with Crippen molar-refractivity contribution in [3.05, 3.63) is 58.1 Å². The Bertz CT molecular complexity index is 670. The van der Waals surface area contributed by atoms with Gasteiger partial charge < -0.3 is 14.8 Å². The van der Waals surface area contributed by atoms with E-state index in [1.807, 2.05) is 18.2 Å². The molecule has 1 heterocycles. The normalized spacial score (nSPS) is 12.7. The molecule has 0 amide bonds. The summed E-state index contributed by atoms with van der Waals surface area (Å²) in [5.74, 6) is 1.58. The molecule has 0 fully saturated rings. The third-order valence-electron chi connectivity index (χ3n) is 3.43. The van der Waals surface area contributed by atoms with E-state index in [9.17, 15) is 10.1 Å². The first-order valence-corrected chi connectivity index (χ1v) is 7.09. The van der Waals surface area contributed by atoms with E-state index < -0.39 is 4.92 Å². The minimum atomic E-state index is -0.404. The van der Waals surface area contributed by atoms with Crippen LogP contribution in [0.1, 0.15) is 5.56 Å². The summed E-state index contributed by atoms with van der Waals surface area (Å²) in [7, 11) is 0. The van der Waals surface area contributed by atoms with E-state index in [2.05, 4.69) is 5.32 Å². The number of hydrogen-bond acceptors (Lipinski definition) is 5. The lowest BCUT2D eigenvalue weighted by atomic mass is 10.1. The van der Waals surface area contributed by atoms with Crippen LogP contribution in [0.5, 0.6) is 11.5 Å². The van der Waals surface area contributed by atoms with Crippen LogP contribution >= 0.6 is 0 Å². The Morgan fingerprint density at radius 2 is 1.77 bits per heavy atom. The van der Waals surface area contributed by atoms with E-state index in [4.69, 9.17) is 9.47 Å². The molecule has 22 heavy (non-hydrogen) atoms. The van der Waals surface area contributed by atoms with Gasteiger partial charge in [-0.3, -0.25) is 10.1 Å². The number of non-ortho nitro benzene ring substituents is 1. The summed E-state index contributed by atoms with van der Waals surface area (Å²) in [6.45, 7) is 1.91. The topological polar surface area (TPSA) is 73.6 Å². The molecule has 1 N–H and O–H groups in total. The van der Waals surface area contributed by atoms with Crippen LogP contribution in [0.15, 0.2) is 42.5 Å². The molecule has 2 aromatic carbocycles. The second-order valence-corrected chi connectivity index (χ2v) is 4.96. The number of nitro groups is 1. The molecule has 6 heteroatoms. The molecule has 0 aliphatic carbocycles. The molecular weight excluding hydrogens is 284 g/mol. The molecule has 0 saturated heterocycles. The average molecular weight is 300 g/mol. The van der Waals surface area contributed by atoms with Gasteiger partial charge in [-0.15, -0.1) is 0 Å². The van der Waals surface area contributed by atoms with Crippen molar-refractivity contribution in [3.63, 3.8) is 0 Å². The quantitative estimate of drug-likeness (QED) is 0.678. The van der Waals surface area contributed by atoms with E-state index in [0.717, 1.165) is 35.7 Å². The number of nitro benzene ring substituents is 1. The van der Waals surface area contributed by atoms with Crippen LogP contribution in [0.4, 0.5) is 11.4 Å². The van der Waals surface area contributed by atoms with Gasteiger partial charge >= 0.3 is 0 Å². The van der Waals surface area contributed by atoms with Crippen LogP contribution in [0, 0.1) is 10.1 Å². The number of anilines is 1. The van der Waals surface area contributed by atoms with Gasteiger partial charge in [0.05, 0.1) is 4.92 Å². The van der Waals surface area contributed by atoms with E-state index >= 15 is 0 Å². The Hall–Kier alpha value is -2.76. The maximum absolute atomic E-state index is 10.6. The van der Waals surface area contributed by atoms with Crippen LogP contribution in [-0.4, -0.2) is 24.7 Å². The highest BCUT2D eigenvalue weighted by atomic mass is 16.6. The summed E-state index contributed by atoms with van der Waals surface area (Å²) in [5, 5.41) is 13.8. The number of nitrogens with one attached hydrogen (secondary N) is 1. The molecule has 1 aliphatic rings. The highest BCUT2D eigenvalue weighted by molar-refractivity contribution is 5.49. The molecule has 1 aliphatic heterocycles. The molecule has 0 saturated carbocycles. The zero-order valence-corrected chi connectivity index (χ0v) is 12.0. The van der Waals surface area contributed by atoms with Crippen LogP contribution in [0.25, 0.3) is 0 Å². The van der Waals surface area contributed by atoms with Crippen molar-refractivity contribution in [2.75, 3.05) is 25.1 Å². The number of rotatable bonds is 5. The van der Waals surface area contributed by atoms with Crippen molar-refractivity contribution in [1.29, 1.82) is 0 Å². The predicted molar refractivity (Wildman–Crippen MR) is 82.7 cm³/mol. The van der Waals surface area contributed by atoms with Gasteiger partial charge in [0, 0.05) is 24.4 Å². The van der Waals surface area contributed by atoms with Crippen molar-refractivity contribution in [3.8, 4) is 11.5 Å². The molecule has 2 aromatic rings. The number of ether oxygens (including phenoxy) is 2. The second-order valence-electron chi connectivity index (χ2n) is 4.96. The Morgan fingerprint density at radius 1 is 1.05 bits per heavy atom. The summed E-state index contributed by atoms with van der Waals surface area (Å²) in [5.41, 5.74) is 2.11. The van der Waals surface area contributed by atoms with E-state index in [-0.39, 0.29) is 5.69 Å². The van der Waals surface area contributed by atoms with Crippen molar-refractivity contribution in [2.45, 2.75) is 6.42 Å². The van der Waals surface area contributed by atoms with Crippen molar-refractivity contribution in [1.82, 2.24) is 0 Å². The lowest BCUT2D eigenvalue weighted by molar-refractivity contribution is -0.384. The van der Waals surface area contributed by atoms with E-state index in [1.54, 1.807) is 12.1 Å². The standard InChI is InChI=1S/C16H16N2O4/c19-18(20)14-4-2-13(3-5-14)17-8-7-12-1-6-15-16(11-12)22-10-9-21-15/h1-6,11,17H,7-10H2. The highest BCUT2D eigenvalue weighted by Crippen LogP contribution is 2.30. The van der Waals surface area contributed by atoms with Crippen molar-refractivity contribution in [2.24, 2.45) is 0 Å². The average Bonchev–Trinajstić information content (AvgIpc) is 2.55. The monoisotopic (exact) mass is 300 g/mol. The molecule has 0 radical (unpaired) electrons. The van der Waals surface area contributed by atoms with Crippen molar-refractivity contribution >= 4 is 11.4 Å². The lowest BCUT2D eigenvalue weighted by Gasteiger charge is -2.19. The predicted octanol–water partition coefficient (Wildman–Crippen LogP) is 3.02. The molecule has 114 valence electrons. The number of hydrogen-bond donors (Lipinski definition) is 1. The van der Waals surface area contributed by atoms with E-state index in [0.29, 0.717) is 13.2 Å². The number of nitrogens with zero attached hydrogens (tertiary/aromatic N) is 1. The van der Waals surface area contributed by atoms with Gasteiger partial charge in [-0.05, 0) is 36.2 Å². The van der Waals surface area contributed by atoms with Crippen LogP contribution < -0.4 is 14.8 Å². The Morgan fingerprint density at radius 3 is 2.50 bits per heavy atom. The molecular formula is C16H16N2O4. The van der Waals surface area contributed by atoms with Gasteiger partial charge in [0.1, 0.15) is 13.2 Å². The lowest BCUT2D eigenvalue weighted by Crippen LogP contribution is -2.15. The summed E-state index contributed by atoms with van der Waals surface area (Å²) in [4.78, 5) is 10.2. The minimum absolute atomic E-state index is 0.0948. The van der Waals surface area contributed by atoms with Gasteiger partial charge in [0.25, 0.3) is 5.69 Å². The maximum atomic E-state index is 10.6. The Balaban J connectivity index is 1.55. The van der Waals surface area contributed by atoms with Gasteiger partial charge in [-0.1, -0.05) is 6.07 Å². The third kappa shape index (κ3) is 3.28. The zero-order chi connectivity index (χ0) is 15.4. The minimum Gasteiger partial charge on any atom is -0.486 e. The van der Waals surface area contributed by atoms with Gasteiger partial charge in [-0.2, -0.15) is 0 Å². The first-order chi connectivity index (χ1) is 10.7. The van der Waals surface area contributed by atoms with Crippen LogP contribution in [0.2, 0.25) is 0 Å². The van der Waals surface area contributed by atoms with Crippen molar-refractivity contribution < 1.29 is 14.4 Å². The van der Waals surface area contributed by atoms with Crippen LogP contribution in [-0.2, 0) is 6.42 Å². The Labute approximate surface area is 127 Å². The zero-order valence-electron chi connectivity index (χ0n) is 12.0. The maximum Gasteiger partial charge on any atom is 0.269 e. The fourth-order valence-electron chi connectivity index (χ4n) is 2.30. The van der Waals surface area contributed by atoms with E-state index in [1.165, 1.54) is 12.1 Å². The Kier molecular flexibility index (Phi) is 4.09. The molecule has 6 nitrogen and oxygen atoms in total. The number of fused-ring (bicyclic) bond motifs is 1.